The van der Waals surface area contributed by atoms with Gasteiger partial charge < -0.3 is 5.32 Å². The topological polar surface area (TPSA) is 15.3 Å². The molecule has 122 valence electrons. The molecule has 1 heterocycles. The first kappa shape index (κ1) is 16.0. The molecule has 2 aromatic carbocycles. The second kappa shape index (κ2) is 7.15. The standard InChI is InChI=1S/C18H19F3N2/c19-14-4-1-3-13(11-14)18(23-9-2-7-22-8-10-23)16-6-5-15(20)12-17(16)21/h1,3-6,11-12,18,22H,2,7-10H2. The molecule has 0 saturated carbocycles. The quantitative estimate of drug-likeness (QED) is 0.931. The van der Waals surface area contributed by atoms with E-state index < -0.39 is 17.7 Å². The molecule has 0 amide bonds. The summed E-state index contributed by atoms with van der Waals surface area (Å²) in [6.07, 6.45) is 0.925. The van der Waals surface area contributed by atoms with Crippen LogP contribution >= 0.6 is 0 Å². The summed E-state index contributed by atoms with van der Waals surface area (Å²) in [7, 11) is 0. The van der Waals surface area contributed by atoms with Gasteiger partial charge in [0.1, 0.15) is 17.5 Å². The zero-order valence-corrected chi connectivity index (χ0v) is 12.7. The molecule has 23 heavy (non-hydrogen) atoms. The highest BCUT2D eigenvalue weighted by Crippen LogP contribution is 2.31. The van der Waals surface area contributed by atoms with Gasteiger partial charge in [-0.2, -0.15) is 0 Å². The predicted molar refractivity (Wildman–Crippen MR) is 83.7 cm³/mol. The zero-order valence-electron chi connectivity index (χ0n) is 12.7. The molecule has 1 atom stereocenters. The number of nitrogens with zero attached hydrogens (tertiary/aromatic N) is 1. The van der Waals surface area contributed by atoms with Gasteiger partial charge in [0.15, 0.2) is 0 Å². The largest absolute Gasteiger partial charge is 0.315 e. The lowest BCUT2D eigenvalue weighted by Gasteiger charge is -2.31. The van der Waals surface area contributed by atoms with Crippen molar-refractivity contribution >= 4 is 0 Å². The number of halogens is 3. The molecule has 0 radical (unpaired) electrons. The summed E-state index contributed by atoms with van der Waals surface area (Å²) in [6.45, 7) is 3.18. The lowest BCUT2D eigenvalue weighted by Crippen LogP contribution is -2.33. The highest BCUT2D eigenvalue weighted by molar-refractivity contribution is 5.33. The molecule has 0 bridgehead atoms. The van der Waals surface area contributed by atoms with Gasteiger partial charge in [-0.25, -0.2) is 13.2 Å². The van der Waals surface area contributed by atoms with Gasteiger partial charge in [-0.1, -0.05) is 18.2 Å². The lowest BCUT2D eigenvalue weighted by molar-refractivity contribution is 0.236. The van der Waals surface area contributed by atoms with E-state index in [9.17, 15) is 13.2 Å². The lowest BCUT2D eigenvalue weighted by atomic mass is 9.96. The van der Waals surface area contributed by atoms with E-state index in [1.807, 2.05) is 0 Å². The molecule has 1 fully saturated rings. The molecule has 0 aliphatic carbocycles. The highest BCUT2D eigenvalue weighted by Gasteiger charge is 2.26. The summed E-state index contributed by atoms with van der Waals surface area (Å²) < 4.78 is 41.3. The summed E-state index contributed by atoms with van der Waals surface area (Å²) in [6, 6.07) is 9.37. The van der Waals surface area contributed by atoms with Crippen molar-refractivity contribution in [2.45, 2.75) is 12.5 Å². The molecular weight excluding hydrogens is 301 g/mol. The highest BCUT2D eigenvalue weighted by atomic mass is 19.1. The van der Waals surface area contributed by atoms with Gasteiger partial charge in [0, 0.05) is 31.3 Å². The number of nitrogens with one attached hydrogen (secondary N) is 1. The number of rotatable bonds is 3. The molecule has 1 aliphatic heterocycles. The molecule has 1 saturated heterocycles. The van der Waals surface area contributed by atoms with Gasteiger partial charge in [0.25, 0.3) is 0 Å². The van der Waals surface area contributed by atoms with E-state index in [1.54, 1.807) is 12.1 Å². The maximum atomic E-state index is 14.4. The Kier molecular flexibility index (Phi) is 4.98. The van der Waals surface area contributed by atoms with Gasteiger partial charge in [0.2, 0.25) is 0 Å². The summed E-state index contributed by atoms with van der Waals surface area (Å²) in [5.74, 6) is -1.57. The zero-order chi connectivity index (χ0) is 16.2. The fraction of sp³-hybridized carbons (Fsp3) is 0.333. The molecule has 0 spiro atoms. The molecule has 5 heteroatoms. The third-order valence-electron chi connectivity index (χ3n) is 4.16. The predicted octanol–water partition coefficient (Wildman–Crippen LogP) is 3.49. The number of hydrogen-bond acceptors (Lipinski definition) is 2. The molecule has 0 aromatic heterocycles. The SMILES string of the molecule is Fc1cccc(C(c2ccc(F)cc2F)N2CCCNCC2)c1. The van der Waals surface area contributed by atoms with Crippen LogP contribution in [0.3, 0.4) is 0 Å². The Hall–Kier alpha value is -1.85. The minimum Gasteiger partial charge on any atom is -0.315 e. The van der Waals surface area contributed by atoms with Crippen molar-refractivity contribution in [3.05, 3.63) is 71.0 Å². The van der Waals surface area contributed by atoms with Crippen LogP contribution in [0.1, 0.15) is 23.6 Å². The van der Waals surface area contributed by atoms with Crippen LogP contribution < -0.4 is 5.32 Å². The Morgan fingerprint density at radius 1 is 0.913 bits per heavy atom. The Labute approximate surface area is 133 Å². The smallest absolute Gasteiger partial charge is 0.131 e. The average molecular weight is 320 g/mol. The fourth-order valence-electron chi connectivity index (χ4n) is 3.11. The van der Waals surface area contributed by atoms with Gasteiger partial charge in [-0.3, -0.25) is 4.90 Å². The van der Waals surface area contributed by atoms with Crippen LogP contribution in [0.4, 0.5) is 13.2 Å². The molecule has 1 unspecified atom stereocenters. The van der Waals surface area contributed by atoms with Gasteiger partial charge >= 0.3 is 0 Å². The second-order valence-electron chi connectivity index (χ2n) is 5.76. The number of benzene rings is 2. The van der Waals surface area contributed by atoms with E-state index in [1.165, 1.54) is 24.3 Å². The van der Waals surface area contributed by atoms with Crippen molar-refractivity contribution in [3.8, 4) is 0 Å². The van der Waals surface area contributed by atoms with Crippen LogP contribution in [0.2, 0.25) is 0 Å². The Morgan fingerprint density at radius 3 is 2.52 bits per heavy atom. The van der Waals surface area contributed by atoms with Crippen LogP contribution in [0.15, 0.2) is 42.5 Å². The molecule has 3 rings (SSSR count). The number of hydrogen-bond donors (Lipinski definition) is 1. The van der Waals surface area contributed by atoms with E-state index in [-0.39, 0.29) is 5.82 Å². The third-order valence-corrected chi connectivity index (χ3v) is 4.16. The molecule has 2 nitrogen and oxygen atoms in total. The van der Waals surface area contributed by atoms with E-state index in [2.05, 4.69) is 10.2 Å². The molecule has 1 aliphatic rings. The van der Waals surface area contributed by atoms with Crippen LogP contribution in [-0.4, -0.2) is 31.1 Å². The van der Waals surface area contributed by atoms with Crippen LogP contribution in [-0.2, 0) is 0 Å². The Bertz CT molecular complexity index is 667. The molecule has 1 N–H and O–H groups in total. The summed E-state index contributed by atoms with van der Waals surface area (Å²) in [4.78, 5) is 2.12. The van der Waals surface area contributed by atoms with E-state index in [0.29, 0.717) is 11.1 Å². The van der Waals surface area contributed by atoms with Gasteiger partial charge in [-0.15, -0.1) is 0 Å². The summed E-state index contributed by atoms with van der Waals surface area (Å²) >= 11 is 0. The Balaban J connectivity index is 2.05. The first-order valence-electron chi connectivity index (χ1n) is 7.80. The van der Waals surface area contributed by atoms with Crippen LogP contribution in [0, 0.1) is 17.5 Å². The third kappa shape index (κ3) is 3.74. The minimum atomic E-state index is -0.609. The van der Waals surface area contributed by atoms with Crippen molar-refractivity contribution in [1.29, 1.82) is 0 Å². The summed E-state index contributed by atoms with van der Waals surface area (Å²) in [5, 5.41) is 3.30. The van der Waals surface area contributed by atoms with Crippen molar-refractivity contribution in [1.82, 2.24) is 10.2 Å². The monoisotopic (exact) mass is 320 g/mol. The van der Waals surface area contributed by atoms with Crippen LogP contribution in [0.25, 0.3) is 0 Å². The van der Waals surface area contributed by atoms with Gasteiger partial charge in [-0.05, 0) is 36.7 Å². The summed E-state index contributed by atoms with van der Waals surface area (Å²) in [5.41, 5.74) is 1.05. The first-order valence-corrected chi connectivity index (χ1v) is 7.80. The molecule has 2 aromatic rings. The molecular formula is C18H19F3N2. The fourth-order valence-corrected chi connectivity index (χ4v) is 3.11. The van der Waals surface area contributed by atoms with E-state index in [4.69, 9.17) is 0 Å². The maximum absolute atomic E-state index is 14.4. The van der Waals surface area contributed by atoms with Crippen molar-refractivity contribution in [2.24, 2.45) is 0 Å². The van der Waals surface area contributed by atoms with Crippen LogP contribution in [0.5, 0.6) is 0 Å². The van der Waals surface area contributed by atoms with Crippen molar-refractivity contribution in [2.75, 3.05) is 26.2 Å². The normalized spacial score (nSPS) is 17.7. The second-order valence-corrected chi connectivity index (χ2v) is 5.76. The van der Waals surface area contributed by atoms with E-state index >= 15 is 0 Å². The average Bonchev–Trinajstić information content (AvgIpc) is 2.79. The maximum Gasteiger partial charge on any atom is 0.131 e. The first-order chi connectivity index (χ1) is 11.1. The minimum absolute atomic E-state index is 0.358. The van der Waals surface area contributed by atoms with Crippen molar-refractivity contribution < 1.29 is 13.2 Å². The van der Waals surface area contributed by atoms with Crippen molar-refractivity contribution in [3.63, 3.8) is 0 Å². The van der Waals surface area contributed by atoms with E-state index in [0.717, 1.165) is 38.7 Å². The van der Waals surface area contributed by atoms with Gasteiger partial charge in [0.05, 0.1) is 6.04 Å². The Morgan fingerprint density at radius 2 is 1.74 bits per heavy atom.